The smallest absolute Gasteiger partial charge is 0.138 e. The van der Waals surface area contributed by atoms with Crippen molar-refractivity contribution in [3.05, 3.63) is 30.5 Å². The summed E-state index contributed by atoms with van der Waals surface area (Å²) in [6.07, 6.45) is 5.83. The Bertz CT molecular complexity index is 581. The highest BCUT2D eigenvalue weighted by atomic mass is 15.2. The molecule has 2 heterocycles. The Morgan fingerprint density at radius 3 is 2.65 bits per heavy atom. The Labute approximate surface area is 121 Å². The zero-order chi connectivity index (χ0) is 13.9. The van der Waals surface area contributed by atoms with Gasteiger partial charge in [0, 0.05) is 36.4 Å². The predicted octanol–water partition coefficient (Wildman–Crippen LogP) is 4.05. The fraction of sp³-hybridized carbons (Fsp3) is 0.471. The van der Waals surface area contributed by atoms with Crippen LogP contribution in [0.1, 0.15) is 33.1 Å². The van der Waals surface area contributed by atoms with Gasteiger partial charge < -0.3 is 10.2 Å². The van der Waals surface area contributed by atoms with Gasteiger partial charge in [-0.1, -0.05) is 12.1 Å². The third-order valence-corrected chi connectivity index (χ3v) is 3.87. The quantitative estimate of drug-likeness (QED) is 0.911. The molecule has 3 rings (SSSR count). The number of rotatable bonds is 3. The fourth-order valence-electron chi connectivity index (χ4n) is 2.99. The molecule has 2 aromatic rings. The van der Waals surface area contributed by atoms with E-state index in [1.54, 1.807) is 0 Å². The van der Waals surface area contributed by atoms with Gasteiger partial charge in [-0.25, -0.2) is 4.98 Å². The predicted molar refractivity (Wildman–Crippen MR) is 86.6 cm³/mol. The Balaban J connectivity index is 2.10. The summed E-state index contributed by atoms with van der Waals surface area (Å²) >= 11 is 0. The van der Waals surface area contributed by atoms with Crippen LogP contribution in [0.2, 0.25) is 0 Å². The standard InChI is InChI=1S/C17H23N3/c1-13(2)19-15-8-6-7-14-9-10-18-17(16(14)15)20-11-4-3-5-12-20/h6-10,13,19H,3-5,11-12H2,1-2H3. The summed E-state index contributed by atoms with van der Waals surface area (Å²) in [5.41, 5.74) is 1.20. The normalized spacial score (nSPS) is 15.8. The lowest BCUT2D eigenvalue weighted by Crippen LogP contribution is -2.30. The van der Waals surface area contributed by atoms with Gasteiger partial charge in [-0.15, -0.1) is 0 Å². The molecule has 1 saturated heterocycles. The number of fused-ring (bicyclic) bond motifs is 1. The molecule has 1 fully saturated rings. The highest BCUT2D eigenvalue weighted by Gasteiger charge is 2.16. The van der Waals surface area contributed by atoms with Crippen LogP contribution in [0.4, 0.5) is 11.5 Å². The molecule has 1 aromatic carbocycles. The van der Waals surface area contributed by atoms with Gasteiger partial charge in [-0.3, -0.25) is 0 Å². The fourth-order valence-corrected chi connectivity index (χ4v) is 2.99. The topological polar surface area (TPSA) is 28.2 Å². The van der Waals surface area contributed by atoms with Gasteiger partial charge in [0.15, 0.2) is 0 Å². The number of nitrogens with zero attached hydrogens (tertiary/aromatic N) is 2. The minimum Gasteiger partial charge on any atom is -0.382 e. The van der Waals surface area contributed by atoms with Gasteiger partial charge in [0.1, 0.15) is 5.82 Å². The van der Waals surface area contributed by atoms with Crippen LogP contribution in [-0.2, 0) is 0 Å². The van der Waals surface area contributed by atoms with E-state index in [1.165, 1.54) is 35.7 Å². The summed E-state index contributed by atoms with van der Waals surface area (Å²) < 4.78 is 0. The molecule has 0 saturated carbocycles. The van der Waals surface area contributed by atoms with E-state index in [2.05, 4.69) is 53.3 Å². The first-order chi connectivity index (χ1) is 9.75. The second-order valence-corrected chi connectivity index (χ2v) is 5.88. The van der Waals surface area contributed by atoms with Crippen molar-refractivity contribution in [3.63, 3.8) is 0 Å². The van der Waals surface area contributed by atoms with Crippen LogP contribution >= 0.6 is 0 Å². The zero-order valence-corrected chi connectivity index (χ0v) is 12.4. The van der Waals surface area contributed by atoms with E-state index in [9.17, 15) is 0 Å². The number of anilines is 2. The van der Waals surface area contributed by atoms with Gasteiger partial charge in [0.2, 0.25) is 0 Å². The molecule has 0 bridgehead atoms. The van der Waals surface area contributed by atoms with Crippen LogP contribution in [0.3, 0.4) is 0 Å². The molecule has 1 aliphatic heterocycles. The second-order valence-electron chi connectivity index (χ2n) is 5.88. The molecule has 0 spiro atoms. The van der Waals surface area contributed by atoms with E-state index in [0.29, 0.717) is 6.04 Å². The first-order valence-corrected chi connectivity index (χ1v) is 7.65. The van der Waals surface area contributed by atoms with Gasteiger partial charge >= 0.3 is 0 Å². The molecule has 0 atom stereocenters. The van der Waals surface area contributed by atoms with Crippen molar-refractivity contribution in [2.24, 2.45) is 0 Å². The summed E-state index contributed by atoms with van der Waals surface area (Å²) in [5.74, 6) is 1.14. The van der Waals surface area contributed by atoms with Crippen LogP contribution in [0.25, 0.3) is 10.8 Å². The van der Waals surface area contributed by atoms with Gasteiger partial charge in [-0.2, -0.15) is 0 Å². The van der Waals surface area contributed by atoms with Crippen molar-refractivity contribution >= 4 is 22.3 Å². The molecule has 3 heteroatoms. The number of nitrogens with one attached hydrogen (secondary N) is 1. The van der Waals surface area contributed by atoms with E-state index >= 15 is 0 Å². The summed E-state index contributed by atoms with van der Waals surface area (Å²) in [4.78, 5) is 7.13. The van der Waals surface area contributed by atoms with Crippen molar-refractivity contribution in [3.8, 4) is 0 Å². The molecule has 0 radical (unpaired) electrons. The summed E-state index contributed by atoms with van der Waals surface area (Å²) in [5, 5.41) is 6.10. The second kappa shape index (κ2) is 5.70. The molecule has 0 aliphatic carbocycles. The minimum absolute atomic E-state index is 0.426. The van der Waals surface area contributed by atoms with Crippen LogP contribution in [0, 0.1) is 0 Å². The number of benzene rings is 1. The maximum Gasteiger partial charge on any atom is 0.138 e. The lowest BCUT2D eigenvalue weighted by Gasteiger charge is -2.29. The van der Waals surface area contributed by atoms with Gasteiger partial charge in [-0.05, 0) is 50.6 Å². The number of hydrogen-bond donors (Lipinski definition) is 1. The zero-order valence-electron chi connectivity index (χ0n) is 12.4. The lowest BCUT2D eigenvalue weighted by molar-refractivity contribution is 0.575. The summed E-state index contributed by atoms with van der Waals surface area (Å²) in [6, 6.07) is 8.99. The monoisotopic (exact) mass is 269 g/mol. The highest BCUT2D eigenvalue weighted by molar-refractivity contribution is 6.01. The van der Waals surface area contributed by atoms with Crippen molar-refractivity contribution < 1.29 is 0 Å². The molecule has 1 aliphatic rings. The molecule has 3 nitrogen and oxygen atoms in total. The largest absolute Gasteiger partial charge is 0.382 e. The lowest BCUT2D eigenvalue weighted by atomic mass is 10.1. The van der Waals surface area contributed by atoms with E-state index in [1.807, 2.05) is 6.20 Å². The Kier molecular flexibility index (Phi) is 3.77. The highest BCUT2D eigenvalue weighted by Crippen LogP contribution is 2.32. The molecule has 106 valence electrons. The summed E-state index contributed by atoms with van der Waals surface area (Å²) in [6.45, 7) is 6.61. The molecule has 1 N–H and O–H groups in total. The third kappa shape index (κ3) is 2.58. The van der Waals surface area contributed by atoms with Crippen molar-refractivity contribution in [1.29, 1.82) is 0 Å². The molecule has 1 aromatic heterocycles. The number of aromatic nitrogens is 1. The first kappa shape index (κ1) is 13.2. The molecule has 0 unspecified atom stereocenters. The SMILES string of the molecule is CC(C)Nc1cccc2ccnc(N3CCCCC3)c12. The Morgan fingerprint density at radius 2 is 1.90 bits per heavy atom. The van der Waals surface area contributed by atoms with Gasteiger partial charge in [0.25, 0.3) is 0 Å². The van der Waals surface area contributed by atoms with E-state index < -0.39 is 0 Å². The maximum atomic E-state index is 4.68. The van der Waals surface area contributed by atoms with E-state index in [-0.39, 0.29) is 0 Å². The average Bonchev–Trinajstić information content (AvgIpc) is 2.47. The van der Waals surface area contributed by atoms with Crippen LogP contribution in [0.15, 0.2) is 30.5 Å². The number of pyridine rings is 1. The van der Waals surface area contributed by atoms with Crippen molar-refractivity contribution in [2.45, 2.75) is 39.2 Å². The Morgan fingerprint density at radius 1 is 1.10 bits per heavy atom. The van der Waals surface area contributed by atoms with Gasteiger partial charge in [0.05, 0.1) is 0 Å². The number of piperidine rings is 1. The van der Waals surface area contributed by atoms with E-state index in [4.69, 9.17) is 0 Å². The van der Waals surface area contributed by atoms with Crippen molar-refractivity contribution in [1.82, 2.24) is 4.98 Å². The molecular weight excluding hydrogens is 246 g/mol. The molecular formula is C17H23N3. The minimum atomic E-state index is 0.426. The van der Waals surface area contributed by atoms with Crippen molar-refractivity contribution in [2.75, 3.05) is 23.3 Å². The average molecular weight is 269 g/mol. The number of hydrogen-bond acceptors (Lipinski definition) is 3. The van der Waals surface area contributed by atoms with Crippen LogP contribution in [-0.4, -0.2) is 24.1 Å². The third-order valence-electron chi connectivity index (χ3n) is 3.87. The molecule has 0 amide bonds. The van der Waals surface area contributed by atoms with E-state index in [0.717, 1.165) is 18.9 Å². The first-order valence-electron chi connectivity index (χ1n) is 7.65. The van der Waals surface area contributed by atoms with Crippen LogP contribution < -0.4 is 10.2 Å². The molecule has 20 heavy (non-hydrogen) atoms. The van der Waals surface area contributed by atoms with Crippen LogP contribution in [0.5, 0.6) is 0 Å². The summed E-state index contributed by atoms with van der Waals surface area (Å²) in [7, 11) is 0. The maximum absolute atomic E-state index is 4.68. The Hall–Kier alpha value is -1.77.